The third-order valence-corrected chi connectivity index (χ3v) is 5.46. The zero-order valence-electron chi connectivity index (χ0n) is 17.1. The van der Waals surface area contributed by atoms with E-state index in [0.717, 1.165) is 33.9 Å². The molecular formula is C29H22N2. The van der Waals surface area contributed by atoms with E-state index < -0.39 is 0 Å². The number of benzene rings is 4. The summed E-state index contributed by atoms with van der Waals surface area (Å²) in [6, 6.07) is 38.2. The molecule has 0 saturated heterocycles. The highest BCUT2D eigenvalue weighted by atomic mass is 15.1. The van der Waals surface area contributed by atoms with E-state index in [9.17, 15) is 0 Å². The molecule has 5 aromatic rings. The van der Waals surface area contributed by atoms with E-state index in [-0.39, 0.29) is 0 Å². The molecule has 1 heterocycles. The smallest absolute Gasteiger partial charge is 0.0624 e. The van der Waals surface area contributed by atoms with Gasteiger partial charge in [0.25, 0.3) is 0 Å². The minimum Gasteiger partial charge on any atom is -0.310 e. The molecule has 0 saturated carbocycles. The Morgan fingerprint density at radius 2 is 1.23 bits per heavy atom. The summed E-state index contributed by atoms with van der Waals surface area (Å²) in [4.78, 5) is 6.71. The Kier molecular flexibility index (Phi) is 5.04. The Labute approximate surface area is 182 Å². The predicted octanol–water partition coefficient (Wildman–Crippen LogP) is 8.01. The molecule has 0 amide bonds. The Morgan fingerprint density at radius 3 is 1.94 bits per heavy atom. The molecule has 5 rings (SSSR count). The summed E-state index contributed by atoms with van der Waals surface area (Å²) in [6.45, 7) is 3.77. The van der Waals surface area contributed by atoms with Crippen molar-refractivity contribution in [3.05, 3.63) is 128 Å². The van der Waals surface area contributed by atoms with E-state index in [1.54, 1.807) is 6.08 Å². The molecule has 1 aromatic heterocycles. The second kappa shape index (κ2) is 8.29. The fourth-order valence-electron chi connectivity index (χ4n) is 3.84. The third-order valence-electron chi connectivity index (χ3n) is 5.46. The second-order valence-corrected chi connectivity index (χ2v) is 7.43. The first-order chi connectivity index (χ1) is 15.3. The van der Waals surface area contributed by atoms with Crippen LogP contribution in [-0.2, 0) is 0 Å². The minimum atomic E-state index is 0.881. The molecule has 0 aliphatic rings. The highest BCUT2D eigenvalue weighted by Gasteiger charge is 2.13. The van der Waals surface area contributed by atoms with E-state index in [1.807, 2.05) is 18.3 Å². The largest absolute Gasteiger partial charge is 0.310 e. The normalized spacial score (nSPS) is 10.7. The third kappa shape index (κ3) is 3.84. The van der Waals surface area contributed by atoms with E-state index in [1.165, 1.54) is 10.8 Å². The van der Waals surface area contributed by atoms with E-state index in [0.29, 0.717) is 0 Å². The fraction of sp³-hybridized carbons (Fsp3) is 0. The quantitative estimate of drug-likeness (QED) is 0.298. The van der Waals surface area contributed by atoms with Crippen molar-refractivity contribution >= 4 is 33.9 Å². The van der Waals surface area contributed by atoms with Crippen LogP contribution in [0.5, 0.6) is 0 Å². The van der Waals surface area contributed by atoms with Crippen LogP contribution in [-0.4, -0.2) is 4.98 Å². The fourth-order valence-corrected chi connectivity index (χ4v) is 3.84. The van der Waals surface area contributed by atoms with Crippen molar-refractivity contribution in [2.75, 3.05) is 4.90 Å². The maximum atomic E-state index is 4.43. The lowest BCUT2D eigenvalue weighted by Gasteiger charge is -2.26. The van der Waals surface area contributed by atoms with Crippen molar-refractivity contribution in [3.8, 4) is 11.1 Å². The Hall–Kier alpha value is -4.17. The van der Waals surface area contributed by atoms with Gasteiger partial charge in [-0.05, 0) is 64.9 Å². The summed E-state index contributed by atoms with van der Waals surface area (Å²) in [7, 11) is 0. The molecule has 148 valence electrons. The first-order valence-electron chi connectivity index (χ1n) is 10.3. The van der Waals surface area contributed by atoms with Gasteiger partial charge in [0.2, 0.25) is 0 Å². The van der Waals surface area contributed by atoms with Crippen molar-refractivity contribution in [3.63, 3.8) is 0 Å². The summed E-state index contributed by atoms with van der Waals surface area (Å²) in [5.41, 5.74) is 6.48. The van der Waals surface area contributed by atoms with Gasteiger partial charge in [0.05, 0.1) is 5.69 Å². The van der Waals surface area contributed by atoms with Crippen LogP contribution in [0, 0.1) is 0 Å². The Balaban J connectivity index is 1.57. The van der Waals surface area contributed by atoms with Crippen LogP contribution in [0.1, 0.15) is 5.69 Å². The first kappa shape index (κ1) is 18.8. The number of hydrogen-bond acceptors (Lipinski definition) is 2. The van der Waals surface area contributed by atoms with Crippen molar-refractivity contribution in [2.24, 2.45) is 0 Å². The average Bonchev–Trinajstić information content (AvgIpc) is 2.85. The summed E-state index contributed by atoms with van der Waals surface area (Å²) < 4.78 is 0. The van der Waals surface area contributed by atoms with Crippen LogP contribution in [0.25, 0.3) is 28.0 Å². The molecule has 0 fully saturated rings. The molecule has 31 heavy (non-hydrogen) atoms. The topological polar surface area (TPSA) is 16.1 Å². The average molecular weight is 399 g/mol. The molecule has 0 unspecified atom stereocenters. The molecule has 0 bridgehead atoms. The van der Waals surface area contributed by atoms with Gasteiger partial charge in [0.1, 0.15) is 0 Å². The molecule has 4 aromatic carbocycles. The lowest BCUT2D eigenvalue weighted by atomic mass is 10.1. The number of aromatic nitrogens is 1. The molecule has 2 nitrogen and oxygen atoms in total. The molecule has 0 aliphatic carbocycles. The lowest BCUT2D eigenvalue weighted by molar-refractivity contribution is 1.28. The molecular weight excluding hydrogens is 376 g/mol. The number of para-hydroxylation sites is 1. The van der Waals surface area contributed by atoms with Crippen LogP contribution >= 0.6 is 0 Å². The van der Waals surface area contributed by atoms with Gasteiger partial charge in [-0.1, -0.05) is 73.3 Å². The predicted molar refractivity (Wildman–Crippen MR) is 132 cm³/mol. The molecule has 0 aliphatic heterocycles. The maximum Gasteiger partial charge on any atom is 0.0624 e. The lowest BCUT2D eigenvalue weighted by Crippen LogP contribution is -2.09. The summed E-state index contributed by atoms with van der Waals surface area (Å²) in [5.74, 6) is 0. The first-order valence-corrected chi connectivity index (χ1v) is 10.3. The number of hydrogen-bond donors (Lipinski definition) is 0. The van der Waals surface area contributed by atoms with Gasteiger partial charge >= 0.3 is 0 Å². The van der Waals surface area contributed by atoms with E-state index >= 15 is 0 Å². The molecule has 0 radical (unpaired) electrons. The van der Waals surface area contributed by atoms with Gasteiger partial charge in [-0.25, -0.2) is 0 Å². The SMILES string of the molecule is C=Cc1ccc(-c2ccc(N(c3ccccc3)c3ccc4ccccc4c3)cc2)cn1. The minimum absolute atomic E-state index is 0.881. The van der Waals surface area contributed by atoms with Crippen LogP contribution in [0.3, 0.4) is 0 Å². The number of fused-ring (bicyclic) bond motifs is 1. The van der Waals surface area contributed by atoms with Crippen LogP contribution in [0.15, 0.2) is 122 Å². The number of rotatable bonds is 5. The Bertz CT molecular complexity index is 1320. The van der Waals surface area contributed by atoms with Gasteiger partial charge in [0, 0.05) is 28.8 Å². The Morgan fingerprint density at radius 1 is 0.581 bits per heavy atom. The zero-order chi connectivity index (χ0) is 21.0. The number of anilines is 3. The van der Waals surface area contributed by atoms with Crippen molar-refractivity contribution in [1.82, 2.24) is 4.98 Å². The van der Waals surface area contributed by atoms with Crippen molar-refractivity contribution in [2.45, 2.75) is 0 Å². The summed E-state index contributed by atoms with van der Waals surface area (Å²) >= 11 is 0. The number of pyridine rings is 1. The number of nitrogens with zero attached hydrogens (tertiary/aromatic N) is 2. The molecule has 0 N–H and O–H groups in total. The van der Waals surface area contributed by atoms with E-state index in [2.05, 4.69) is 114 Å². The molecule has 0 spiro atoms. The van der Waals surface area contributed by atoms with Crippen LogP contribution in [0.2, 0.25) is 0 Å². The molecule has 2 heteroatoms. The summed E-state index contributed by atoms with van der Waals surface area (Å²) in [6.07, 6.45) is 3.65. The van der Waals surface area contributed by atoms with Gasteiger partial charge in [-0.15, -0.1) is 0 Å². The second-order valence-electron chi connectivity index (χ2n) is 7.43. The highest BCUT2D eigenvalue weighted by Crippen LogP contribution is 2.36. The standard InChI is InChI=1S/C29H22N2/c1-2-26-16-12-25(21-30-26)23-13-17-28(18-14-23)31(27-10-4-3-5-11-27)29-19-15-22-8-6-7-9-24(22)20-29/h2-21H,1H2. The van der Waals surface area contributed by atoms with Crippen molar-refractivity contribution < 1.29 is 0 Å². The van der Waals surface area contributed by atoms with Gasteiger partial charge in [-0.3, -0.25) is 4.98 Å². The van der Waals surface area contributed by atoms with E-state index in [4.69, 9.17) is 0 Å². The summed E-state index contributed by atoms with van der Waals surface area (Å²) in [5, 5.41) is 2.47. The van der Waals surface area contributed by atoms with Gasteiger partial charge in [0.15, 0.2) is 0 Å². The maximum absolute atomic E-state index is 4.43. The van der Waals surface area contributed by atoms with Gasteiger partial charge in [-0.2, -0.15) is 0 Å². The van der Waals surface area contributed by atoms with Crippen molar-refractivity contribution in [1.29, 1.82) is 0 Å². The van der Waals surface area contributed by atoms with Gasteiger partial charge < -0.3 is 4.90 Å². The zero-order valence-corrected chi connectivity index (χ0v) is 17.1. The highest BCUT2D eigenvalue weighted by molar-refractivity contribution is 5.89. The van der Waals surface area contributed by atoms with Crippen LogP contribution in [0.4, 0.5) is 17.1 Å². The monoisotopic (exact) mass is 398 g/mol. The van der Waals surface area contributed by atoms with Crippen LogP contribution < -0.4 is 4.90 Å². The molecule has 0 atom stereocenters.